The fourth-order valence-corrected chi connectivity index (χ4v) is 4.46. The second kappa shape index (κ2) is 8.77. The lowest BCUT2D eigenvalue weighted by Crippen LogP contribution is -2.46. The van der Waals surface area contributed by atoms with Crippen molar-refractivity contribution in [1.29, 1.82) is 0 Å². The lowest BCUT2D eigenvalue weighted by molar-refractivity contribution is 0.174. The monoisotopic (exact) mass is 482 g/mol. The number of benzene rings is 3. The van der Waals surface area contributed by atoms with Crippen LogP contribution in [0.4, 0.5) is 10.5 Å². The highest BCUT2D eigenvalue weighted by Crippen LogP contribution is 2.40. The van der Waals surface area contributed by atoms with Crippen molar-refractivity contribution in [3.8, 4) is 28.6 Å². The van der Waals surface area contributed by atoms with Crippen LogP contribution in [0.15, 0.2) is 83.0 Å². The number of nitrogens with zero attached hydrogens (tertiary/aromatic N) is 3. The first-order chi connectivity index (χ1) is 17.6. The Kier molecular flexibility index (Phi) is 5.29. The van der Waals surface area contributed by atoms with Crippen molar-refractivity contribution in [3.63, 3.8) is 0 Å². The highest BCUT2D eigenvalue weighted by Gasteiger charge is 2.36. The van der Waals surface area contributed by atoms with E-state index in [4.69, 9.17) is 23.7 Å². The van der Waals surface area contributed by atoms with Gasteiger partial charge in [-0.25, -0.2) is 4.79 Å². The van der Waals surface area contributed by atoms with Gasteiger partial charge in [-0.3, -0.25) is 4.90 Å². The number of allylic oxidation sites excluding steroid dienone is 1. The average Bonchev–Trinajstić information content (AvgIpc) is 3.58. The molecule has 0 aliphatic carbocycles. The summed E-state index contributed by atoms with van der Waals surface area (Å²) in [6, 6.07) is 21.6. The van der Waals surface area contributed by atoms with Crippen LogP contribution in [0.3, 0.4) is 0 Å². The number of aromatic nitrogens is 2. The molecule has 180 valence electrons. The van der Waals surface area contributed by atoms with E-state index >= 15 is 0 Å². The molecular weight excluding hydrogens is 460 g/mol. The fraction of sp³-hybridized carbons (Fsp3) is 0.148. The zero-order chi connectivity index (χ0) is 24.6. The highest BCUT2D eigenvalue weighted by atomic mass is 16.7. The molecule has 0 spiro atoms. The number of carbonyl (C=O) groups excluding carboxylic acids is 1. The summed E-state index contributed by atoms with van der Waals surface area (Å²) in [4.78, 5) is 19.6. The van der Waals surface area contributed by atoms with Gasteiger partial charge in [-0.15, -0.1) is 0 Å². The van der Waals surface area contributed by atoms with Crippen molar-refractivity contribution < 1.29 is 23.5 Å². The number of para-hydroxylation sites is 1. The Balaban J connectivity index is 1.47. The lowest BCUT2D eigenvalue weighted by atomic mass is 9.94. The van der Waals surface area contributed by atoms with E-state index in [-0.39, 0.29) is 12.8 Å². The third kappa shape index (κ3) is 3.70. The van der Waals surface area contributed by atoms with Crippen LogP contribution in [0.2, 0.25) is 0 Å². The summed E-state index contributed by atoms with van der Waals surface area (Å²) in [5.74, 6) is 2.68. The second-order valence-electron chi connectivity index (χ2n) is 8.32. The van der Waals surface area contributed by atoms with Gasteiger partial charge >= 0.3 is 6.03 Å². The fourth-order valence-electron chi connectivity index (χ4n) is 4.46. The quantitative estimate of drug-likeness (QED) is 0.419. The molecule has 36 heavy (non-hydrogen) atoms. The van der Waals surface area contributed by atoms with E-state index in [1.165, 1.54) is 0 Å². The Morgan fingerprint density at radius 1 is 1.00 bits per heavy atom. The molecule has 6 rings (SSSR count). The molecule has 0 radical (unpaired) electrons. The maximum Gasteiger partial charge on any atom is 0.326 e. The number of nitrogens with one attached hydrogen (secondary N) is 1. The van der Waals surface area contributed by atoms with Crippen molar-refractivity contribution in [2.75, 3.05) is 18.8 Å². The van der Waals surface area contributed by atoms with Crippen LogP contribution < -0.4 is 24.4 Å². The van der Waals surface area contributed by atoms with Gasteiger partial charge in [0.15, 0.2) is 11.5 Å². The van der Waals surface area contributed by atoms with Gasteiger partial charge in [0.2, 0.25) is 12.6 Å². The summed E-state index contributed by atoms with van der Waals surface area (Å²) in [5, 5.41) is 7.33. The van der Waals surface area contributed by atoms with Crippen molar-refractivity contribution in [2.45, 2.75) is 13.0 Å². The molecule has 0 saturated carbocycles. The van der Waals surface area contributed by atoms with Gasteiger partial charge < -0.3 is 24.1 Å². The molecule has 0 saturated heterocycles. The first-order valence-corrected chi connectivity index (χ1v) is 11.4. The molecule has 1 N–H and O–H groups in total. The van der Waals surface area contributed by atoms with E-state index in [1.54, 1.807) is 12.0 Å². The largest absolute Gasteiger partial charge is 0.497 e. The number of hydrogen-bond acceptors (Lipinski definition) is 7. The van der Waals surface area contributed by atoms with Gasteiger partial charge in [0.1, 0.15) is 5.75 Å². The Bertz CT molecular complexity index is 1480. The number of rotatable bonds is 5. The maximum atomic E-state index is 13.3. The Labute approximate surface area is 206 Å². The highest BCUT2D eigenvalue weighted by molar-refractivity contribution is 6.01. The van der Waals surface area contributed by atoms with E-state index in [9.17, 15) is 4.79 Å². The molecule has 9 nitrogen and oxygen atoms in total. The number of amides is 2. The maximum absolute atomic E-state index is 13.3. The number of urea groups is 1. The van der Waals surface area contributed by atoms with E-state index in [1.807, 2.05) is 79.7 Å². The van der Waals surface area contributed by atoms with Crippen molar-refractivity contribution in [1.82, 2.24) is 15.5 Å². The van der Waals surface area contributed by atoms with Crippen LogP contribution in [0.25, 0.3) is 17.0 Å². The van der Waals surface area contributed by atoms with Gasteiger partial charge in [0, 0.05) is 11.3 Å². The molecule has 1 unspecified atom stereocenters. The molecule has 3 heterocycles. The number of hydrogen-bond donors (Lipinski definition) is 1. The van der Waals surface area contributed by atoms with Gasteiger partial charge in [-0.05, 0) is 55.0 Å². The molecule has 2 aliphatic heterocycles. The summed E-state index contributed by atoms with van der Waals surface area (Å²) >= 11 is 0. The molecule has 9 heteroatoms. The summed E-state index contributed by atoms with van der Waals surface area (Å²) in [6.45, 7) is 2.05. The van der Waals surface area contributed by atoms with Crippen LogP contribution in [-0.4, -0.2) is 30.1 Å². The predicted molar refractivity (Wildman–Crippen MR) is 132 cm³/mol. The third-order valence-electron chi connectivity index (χ3n) is 6.21. The summed E-state index contributed by atoms with van der Waals surface area (Å²) in [5.41, 5.74) is 3.65. The van der Waals surface area contributed by atoms with Crippen molar-refractivity contribution in [2.24, 2.45) is 0 Å². The van der Waals surface area contributed by atoms with Gasteiger partial charge in [0.25, 0.3) is 5.89 Å². The van der Waals surface area contributed by atoms with Crippen molar-refractivity contribution >= 4 is 17.3 Å². The number of fused-ring (bicyclic) bond motifs is 1. The molecular formula is C27H22N4O5. The predicted octanol–water partition coefficient (Wildman–Crippen LogP) is 5.18. The molecule has 3 aromatic carbocycles. The minimum atomic E-state index is -0.530. The molecule has 4 aromatic rings. The van der Waals surface area contributed by atoms with Crippen LogP contribution in [0.5, 0.6) is 17.2 Å². The molecule has 0 fully saturated rings. The van der Waals surface area contributed by atoms with Gasteiger partial charge in [-0.2, -0.15) is 4.98 Å². The van der Waals surface area contributed by atoms with E-state index in [0.29, 0.717) is 40.2 Å². The SMILES string of the molecule is COc1cccc(C2NC(=O)N(c3ccccc3)C(C)=C2c2nc(-c3ccc4c(c3)OCO4)no2)c1. The molecule has 1 aromatic heterocycles. The molecule has 2 aliphatic rings. The molecule has 2 amide bonds. The van der Waals surface area contributed by atoms with Crippen LogP contribution in [0, 0.1) is 0 Å². The topological polar surface area (TPSA) is 99.0 Å². The standard InChI is InChI=1S/C27H22N4O5/c1-16-23(26-29-25(30-36-26)18-11-12-21-22(14-18)35-15-34-21)24(17-7-6-10-20(13-17)33-2)28-27(32)31(16)19-8-4-3-5-9-19/h3-14,24H,15H2,1-2H3,(H,28,32). The average molecular weight is 482 g/mol. The summed E-state index contributed by atoms with van der Waals surface area (Å²) in [7, 11) is 1.60. The Morgan fingerprint density at radius 2 is 1.83 bits per heavy atom. The molecule has 0 bridgehead atoms. The van der Waals surface area contributed by atoms with Gasteiger partial charge in [0.05, 0.1) is 24.4 Å². The van der Waals surface area contributed by atoms with Crippen LogP contribution >= 0.6 is 0 Å². The normalized spacial score (nSPS) is 16.8. The minimum Gasteiger partial charge on any atom is -0.497 e. The number of ether oxygens (including phenoxy) is 3. The van der Waals surface area contributed by atoms with E-state index in [2.05, 4.69) is 10.5 Å². The zero-order valence-electron chi connectivity index (χ0n) is 19.6. The van der Waals surface area contributed by atoms with Crippen LogP contribution in [0.1, 0.15) is 24.4 Å². The first-order valence-electron chi connectivity index (χ1n) is 11.4. The minimum absolute atomic E-state index is 0.180. The van der Waals surface area contributed by atoms with E-state index < -0.39 is 6.04 Å². The Hall–Kier alpha value is -4.79. The number of carbonyl (C=O) groups is 1. The number of methoxy groups -OCH3 is 1. The summed E-state index contributed by atoms with van der Waals surface area (Å²) in [6.07, 6.45) is 0. The zero-order valence-corrected chi connectivity index (χ0v) is 19.6. The van der Waals surface area contributed by atoms with Crippen LogP contribution in [-0.2, 0) is 0 Å². The second-order valence-corrected chi connectivity index (χ2v) is 8.32. The first kappa shape index (κ1) is 21.7. The lowest BCUT2D eigenvalue weighted by Gasteiger charge is -2.35. The Morgan fingerprint density at radius 3 is 2.67 bits per heavy atom. The van der Waals surface area contributed by atoms with E-state index in [0.717, 1.165) is 16.8 Å². The summed E-state index contributed by atoms with van der Waals surface area (Å²) < 4.78 is 22.1. The van der Waals surface area contributed by atoms with Gasteiger partial charge in [-0.1, -0.05) is 35.5 Å². The smallest absolute Gasteiger partial charge is 0.326 e. The molecule has 1 atom stereocenters. The third-order valence-corrected chi connectivity index (χ3v) is 6.21. The number of anilines is 1. The van der Waals surface area contributed by atoms with Crippen molar-refractivity contribution in [3.05, 3.63) is 89.9 Å².